The molecular weight excluding hydrogens is 310 g/mol. The zero-order valence-corrected chi connectivity index (χ0v) is 14.7. The lowest BCUT2D eigenvalue weighted by Gasteiger charge is -2.12. The molecule has 1 heterocycles. The Kier molecular flexibility index (Phi) is 5.65. The number of aromatic nitrogens is 3. The van der Waals surface area contributed by atoms with Crippen LogP contribution in [0.1, 0.15) is 26.3 Å². The Balaban J connectivity index is 2.07. The first kappa shape index (κ1) is 17.3. The van der Waals surface area contributed by atoms with Crippen LogP contribution in [-0.2, 0) is 4.79 Å². The van der Waals surface area contributed by atoms with Crippen LogP contribution in [0.25, 0.3) is 11.4 Å². The standard InChI is InChI=1S/C16H23N5OS/c1-10(2)9-18-15(22)12(4)23-16-20-19-14(21(16)17)13-7-5-11(3)6-8-13/h5-8,10,12H,9,17H2,1-4H3,(H,18,22)/t12-/m1/s1. The molecule has 1 amide bonds. The molecule has 124 valence electrons. The van der Waals surface area contributed by atoms with Gasteiger partial charge in [0.1, 0.15) is 0 Å². The van der Waals surface area contributed by atoms with Gasteiger partial charge >= 0.3 is 0 Å². The fourth-order valence-corrected chi connectivity index (χ4v) is 2.71. The molecule has 6 nitrogen and oxygen atoms in total. The summed E-state index contributed by atoms with van der Waals surface area (Å²) in [6.45, 7) is 8.63. The molecule has 2 aromatic rings. The highest BCUT2D eigenvalue weighted by Gasteiger charge is 2.19. The largest absolute Gasteiger partial charge is 0.355 e. The maximum absolute atomic E-state index is 12.0. The average Bonchev–Trinajstić information content (AvgIpc) is 2.86. The molecule has 0 aliphatic rings. The number of nitrogen functional groups attached to an aromatic ring is 1. The zero-order valence-electron chi connectivity index (χ0n) is 13.9. The van der Waals surface area contributed by atoms with Crippen molar-refractivity contribution in [1.82, 2.24) is 20.2 Å². The molecule has 3 N–H and O–H groups in total. The van der Waals surface area contributed by atoms with Gasteiger partial charge in [-0.25, -0.2) is 4.68 Å². The van der Waals surface area contributed by atoms with E-state index < -0.39 is 0 Å². The summed E-state index contributed by atoms with van der Waals surface area (Å²) in [5, 5.41) is 11.4. The molecule has 0 unspecified atom stereocenters. The molecule has 0 radical (unpaired) electrons. The lowest BCUT2D eigenvalue weighted by Crippen LogP contribution is -2.33. The molecule has 23 heavy (non-hydrogen) atoms. The van der Waals surface area contributed by atoms with Crippen LogP contribution < -0.4 is 11.2 Å². The Morgan fingerprint density at radius 2 is 1.91 bits per heavy atom. The number of carbonyl (C=O) groups is 1. The third-order valence-corrected chi connectivity index (χ3v) is 4.37. The highest BCUT2D eigenvalue weighted by Crippen LogP contribution is 2.24. The number of benzene rings is 1. The predicted octanol–water partition coefficient (Wildman–Crippen LogP) is 2.22. The van der Waals surface area contributed by atoms with Gasteiger partial charge in [-0.2, -0.15) is 0 Å². The molecule has 1 aromatic carbocycles. The first-order valence-electron chi connectivity index (χ1n) is 7.60. The Labute approximate surface area is 140 Å². The first-order valence-corrected chi connectivity index (χ1v) is 8.48. The number of amides is 1. The highest BCUT2D eigenvalue weighted by molar-refractivity contribution is 8.00. The van der Waals surface area contributed by atoms with Crippen LogP contribution in [-0.4, -0.2) is 32.6 Å². The number of nitrogens with zero attached hydrogens (tertiary/aromatic N) is 3. The number of aryl methyl sites for hydroxylation is 1. The second-order valence-corrected chi connectivity index (χ2v) is 7.25. The van der Waals surface area contributed by atoms with Crippen LogP contribution in [0.5, 0.6) is 0 Å². The number of hydrogen-bond donors (Lipinski definition) is 2. The van der Waals surface area contributed by atoms with Gasteiger partial charge in [-0.15, -0.1) is 10.2 Å². The molecule has 0 aliphatic carbocycles. The predicted molar refractivity (Wildman–Crippen MR) is 93.5 cm³/mol. The summed E-state index contributed by atoms with van der Waals surface area (Å²) in [6, 6.07) is 7.91. The van der Waals surface area contributed by atoms with Gasteiger partial charge in [0.2, 0.25) is 11.1 Å². The Morgan fingerprint density at radius 1 is 1.26 bits per heavy atom. The summed E-state index contributed by atoms with van der Waals surface area (Å²) in [5.41, 5.74) is 2.07. The molecular formula is C16H23N5OS. The number of thioether (sulfide) groups is 1. The maximum Gasteiger partial charge on any atom is 0.233 e. The van der Waals surface area contributed by atoms with Gasteiger partial charge < -0.3 is 11.2 Å². The van der Waals surface area contributed by atoms with Crippen molar-refractivity contribution < 1.29 is 4.79 Å². The zero-order chi connectivity index (χ0) is 17.0. The minimum Gasteiger partial charge on any atom is -0.355 e. The summed E-state index contributed by atoms with van der Waals surface area (Å²) in [4.78, 5) is 12.0. The van der Waals surface area contributed by atoms with E-state index in [9.17, 15) is 4.79 Å². The number of nitrogens with two attached hydrogens (primary N) is 1. The van der Waals surface area contributed by atoms with Gasteiger partial charge in [0.05, 0.1) is 5.25 Å². The van der Waals surface area contributed by atoms with Crippen LogP contribution in [0.2, 0.25) is 0 Å². The summed E-state index contributed by atoms with van der Waals surface area (Å²) in [7, 11) is 0. The van der Waals surface area contributed by atoms with E-state index in [1.54, 1.807) is 0 Å². The Hall–Kier alpha value is -2.02. The van der Waals surface area contributed by atoms with Crippen LogP contribution in [0.3, 0.4) is 0 Å². The van der Waals surface area contributed by atoms with E-state index in [-0.39, 0.29) is 11.2 Å². The van der Waals surface area contributed by atoms with Gasteiger partial charge in [0, 0.05) is 12.1 Å². The van der Waals surface area contributed by atoms with Crippen molar-refractivity contribution in [1.29, 1.82) is 0 Å². The van der Waals surface area contributed by atoms with Crippen molar-refractivity contribution >= 4 is 17.7 Å². The van der Waals surface area contributed by atoms with E-state index in [1.165, 1.54) is 22.0 Å². The van der Waals surface area contributed by atoms with Gasteiger partial charge in [0.15, 0.2) is 5.82 Å². The van der Waals surface area contributed by atoms with Crippen LogP contribution in [0.15, 0.2) is 29.4 Å². The molecule has 0 saturated heterocycles. The number of nitrogens with one attached hydrogen (secondary N) is 1. The SMILES string of the molecule is Cc1ccc(-c2nnc(S[C@H](C)C(=O)NCC(C)C)n2N)cc1. The Morgan fingerprint density at radius 3 is 2.52 bits per heavy atom. The second kappa shape index (κ2) is 7.50. The fraction of sp³-hybridized carbons (Fsp3) is 0.438. The molecule has 0 saturated carbocycles. The monoisotopic (exact) mass is 333 g/mol. The number of hydrogen-bond acceptors (Lipinski definition) is 5. The maximum atomic E-state index is 12.0. The molecule has 1 atom stereocenters. The van der Waals surface area contributed by atoms with Crippen molar-refractivity contribution in [2.24, 2.45) is 5.92 Å². The summed E-state index contributed by atoms with van der Waals surface area (Å²) < 4.78 is 1.43. The smallest absolute Gasteiger partial charge is 0.233 e. The van der Waals surface area contributed by atoms with E-state index in [0.29, 0.717) is 23.4 Å². The minimum absolute atomic E-state index is 0.0245. The highest BCUT2D eigenvalue weighted by atomic mass is 32.2. The van der Waals surface area contributed by atoms with Crippen molar-refractivity contribution in [3.8, 4) is 11.4 Å². The van der Waals surface area contributed by atoms with Crippen molar-refractivity contribution in [2.75, 3.05) is 12.4 Å². The normalized spacial score (nSPS) is 12.4. The molecule has 0 bridgehead atoms. The molecule has 0 aliphatic heterocycles. The van der Waals surface area contributed by atoms with Crippen LogP contribution >= 0.6 is 11.8 Å². The van der Waals surface area contributed by atoms with Gasteiger partial charge in [-0.3, -0.25) is 4.79 Å². The van der Waals surface area contributed by atoms with E-state index in [0.717, 1.165) is 5.56 Å². The minimum atomic E-state index is -0.286. The third-order valence-electron chi connectivity index (χ3n) is 3.31. The molecule has 0 fully saturated rings. The van der Waals surface area contributed by atoms with E-state index in [2.05, 4.69) is 29.4 Å². The van der Waals surface area contributed by atoms with E-state index in [4.69, 9.17) is 5.84 Å². The molecule has 1 aromatic heterocycles. The average molecular weight is 333 g/mol. The van der Waals surface area contributed by atoms with Gasteiger partial charge in [-0.05, 0) is 19.8 Å². The van der Waals surface area contributed by atoms with E-state index in [1.807, 2.05) is 38.1 Å². The third kappa shape index (κ3) is 4.48. The van der Waals surface area contributed by atoms with Gasteiger partial charge in [-0.1, -0.05) is 55.4 Å². The van der Waals surface area contributed by atoms with Gasteiger partial charge in [0.25, 0.3) is 0 Å². The first-order chi connectivity index (χ1) is 10.9. The molecule has 2 rings (SSSR count). The Bertz CT molecular complexity index is 666. The summed E-state index contributed by atoms with van der Waals surface area (Å²) >= 11 is 1.30. The number of carbonyl (C=O) groups excluding carboxylic acids is 1. The van der Waals surface area contributed by atoms with Crippen LogP contribution in [0.4, 0.5) is 0 Å². The number of rotatable bonds is 6. The van der Waals surface area contributed by atoms with Crippen LogP contribution in [0, 0.1) is 12.8 Å². The lowest BCUT2D eigenvalue weighted by molar-refractivity contribution is -0.120. The van der Waals surface area contributed by atoms with Crippen molar-refractivity contribution in [3.05, 3.63) is 29.8 Å². The quantitative estimate of drug-likeness (QED) is 0.625. The summed E-state index contributed by atoms with van der Waals surface area (Å²) in [5.74, 6) is 7.06. The van der Waals surface area contributed by atoms with Crippen molar-refractivity contribution in [3.63, 3.8) is 0 Å². The fourth-order valence-electron chi connectivity index (χ4n) is 1.92. The summed E-state index contributed by atoms with van der Waals surface area (Å²) in [6.07, 6.45) is 0. The molecule has 7 heteroatoms. The van der Waals surface area contributed by atoms with Crippen molar-refractivity contribution in [2.45, 2.75) is 38.1 Å². The lowest BCUT2D eigenvalue weighted by atomic mass is 10.1. The van der Waals surface area contributed by atoms with E-state index >= 15 is 0 Å². The second-order valence-electron chi connectivity index (χ2n) is 5.94. The topological polar surface area (TPSA) is 85.8 Å². The molecule has 0 spiro atoms.